The van der Waals surface area contributed by atoms with Crippen LogP contribution in [0.5, 0.6) is 0 Å². The molecule has 1 saturated carbocycles. The summed E-state index contributed by atoms with van der Waals surface area (Å²) in [5, 5.41) is 7.31. The Morgan fingerprint density at radius 2 is 2.00 bits per heavy atom. The van der Waals surface area contributed by atoms with Gasteiger partial charge in [-0.05, 0) is 19.4 Å². The minimum atomic E-state index is 0.529. The van der Waals surface area contributed by atoms with Crippen LogP contribution in [0.15, 0.2) is 4.52 Å². The van der Waals surface area contributed by atoms with E-state index in [1.807, 2.05) is 0 Å². The summed E-state index contributed by atoms with van der Waals surface area (Å²) in [5.41, 5.74) is 0. The Morgan fingerprint density at radius 3 is 2.69 bits per heavy atom. The Morgan fingerprint density at radius 1 is 1.25 bits per heavy atom. The highest BCUT2D eigenvalue weighted by atomic mass is 16.5. The Hall–Kier alpha value is -0.900. The molecule has 1 aliphatic rings. The van der Waals surface area contributed by atoms with Crippen LogP contribution in [0.2, 0.25) is 0 Å². The molecule has 4 nitrogen and oxygen atoms in total. The third-order valence-corrected chi connectivity index (χ3v) is 3.23. The van der Waals surface area contributed by atoms with Crippen molar-refractivity contribution in [3.8, 4) is 0 Å². The number of rotatable bonds is 4. The lowest BCUT2D eigenvalue weighted by atomic mass is 10.00. The molecule has 0 radical (unpaired) electrons. The molecule has 0 saturated heterocycles. The van der Waals surface area contributed by atoms with Crippen molar-refractivity contribution in [1.29, 1.82) is 0 Å². The van der Waals surface area contributed by atoms with Gasteiger partial charge in [-0.3, -0.25) is 0 Å². The average Bonchev–Trinajstić information content (AvgIpc) is 2.60. The quantitative estimate of drug-likeness (QED) is 0.797. The fourth-order valence-electron chi connectivity index (χ4n) is 2.28. The van der Waals surface area contributed by atoms with E-state index in [1.165, 1.54) is 38.5 Å². The van der Waals surface area contributed by atoms with Gasteiger partial charge in [0.25, 0.3) is 0 Å². The van der Waals surface area contributed by atoms with Crippen LogP contribution in [0.4, 0.5) is 0 Å². The van der Waals surface area contributed by atoms with Crippen molar-refractivity contribution in [3.05, 3.63) is 11.7 Å². The second-order valence-electron chi connectivity index (χ2n) is 4.52. The Kier molecular flexibility index (Phi) is 4.34. The van der Waals surface area contributed by atoms with Crippen molar-refractivity contribution in [1.82, 2.24) is 15.5 Å². The maximum atomic E-state index is 5.24. The fourth-order valence-corrected chi connectivity index (χ4v) is 2.28. The predicted octanol–water partition coefficient (Wildman–Crippen LogP) is 2.62. The van der Waals surface area contributed by atoms with Gasteiger partial charge in [-0.2, -0.15) is 4.98 Å². The van der Waals surface area contributed by atoms with Gasteiger partial charge in [-0.1, -0.05) is 37.8 Å². The van der Waals surface area contributed by atoms with Crippen molar-refractivity contribution < 1.29 is 4.52 Å². The summed E-state index contributed by atoms with van der Waals surface area (Å²) in [6.45, 7) is 3.69. The third kappa shape index (κ3) is 3.04. The molecule has 16 heavy (non-hydrogen) atoms. The van der Waals surface area contributed by atoms with Gasteiger partial charge < -0.3 is 9.84 Å². The molecule has 1 aromatic rings. The Bertz CT molecular complexity index is 303. The van der Waals surface area contributed by atoms with E-state index in [0.29, 0.717) is 12.5 Å². The fraction of sp³-hybridized carbons (Fsp3) is 0.833. The molecule has 4 heteroatoms. The first-order chi connectivity index (χ1) is 7.90. The highest BCUT2D eigenvalue weighted by Gasteiger charge is 2.19. The molecular weight excluding hydrogens is 202 g/mol. The van der Waals surface area contributed by atoms with E-state index in [4.69, 9.17) is 4.52 Å². The van der Waals surface area contributed by atoms with Gasteiger partial charge in [-0.25, -0.2) is 0 Å². The van der Waals surface area contributed by atoms with Crippen LogP contribution < -0.4 is 5.32 Å². The summed E-state index contributed by atoms with van der Waals surface area (Å²) < 4.78 is 5.24. The van der Waals surface area contributed by atoms with Crippen molar-refractivity contribution in [2.75, 3.05) is 6.54 Å². The maximum absolute atomic E-state index is 5.24. The van der Waals surface area contributed by atoms with Crippen LogP contribution in [-0.2, 0) is 6.54 Å². The van der Waals surface area contributed by atoms with Crippen LogP contribution in [-0.4, -0.2) is 16.7 Å². The monoisotopic (exact) mass is 223 g/mol. The Labute approximate surface area is 96.8 Å². The van der Waals surface area contributed by atoms with E-state index < -0.39 is 0 Å². The summed E-state index contributed by atoms with van der Waals surface area (Å²) in [4.78, 5) is 4.47. The van der Waals surface area contributed by atoms with Gasteiger partial charge in [0, 0.05) is 5.92 Å². The molecular formula is C12H21N3O. The van der Waals surface area contributed by atoms with Gasteiger partial charge in [0.1, 0.15) is 0 Å². The first-order valence-corrected chi connectivity index (χ1v) is 6.43. The van der Waals surface area contributed by atoms with Crippen LogP contribution >= 0.6 is 0 Å². The number of hydrogen-bond donors (Lipinski definition) is 1. The summed E-state index contributed by atoms with van der Waals surface area (Å²) in [7, 11) is 0. The van der Waals surface area contributed by atoms with Crippen LogP contribution in [0, 0.1) is 0 Å². The molecule has 1 N–H and O–H groups in total. The molecule has 2 rings (SSSR count). The third-order valence-electron chi connectivity index (χ3n) is 3.23. The van der Waals surface area contributed by atoms with Gasteiger partial charge in [-0.15, -0.1) is 0 Å². The molecule has 0 unspecified atom stereocenters. The highest BCUT2D eigenvalue weighted by Crippen LogP contribution is 2.29. The normalized spacial score (nSPS) is 18.6. The smallest absolute Gasteiger partial charge is 0.240 e. The first kappa shape index (κ1) is 11.6. The summed E-state index contributed by atoms with van der Waals surface area (Å²) in [6.07, 6.45) is 7.78. The molecule has 0 amide bonds. The molecule has 0 bridgehead atoms. The molecule has 1 heterocycles. The van der Waals surface area contributed by atoms with Crippen molar-refractivity contribution in [2.45, 2.75) is 57.9 Å². The summed E-state index contributed by atoms with van der Waals surface area (Å²) >= 11 is 0. The molecule has 0 aromatic carbocycles. The minimum Gasteiger partial charge on any atom is -0.338 e. The lowest BCUT2D eigenvalue weighted by Gasteiger charge is -2.07. The molecule has 1 aromatic heterocycles. The lowest BCUT2D eigenvalue weighted by Crippen LogP contribution is -2.12. The minimum absolute atomic E-state index is 0.529. The van der Waals surface area contributed by atoms with E-state index in [0.717, 1.165) is 18.3 Å². The average molecular weight is 223 g/mol. The summed E-state index contributed by atoms with van der Waals surface area (Å²) in [6, 6.07) is 0. The van der Waals surface area contributed by atoms with E-state index in [-0.39, 0.29) is 0 Å². The number of nitrogens with zero attached hydrogens (tertiary/aromatic N) is 2. The van der Waals surface area contributed by atoms with E-state index >= 15 is 0 Å². The zero-order valence-corrected chi connectivity index (χ0v) is 10.0. The first-order valence-electron chi connectivity index (χ1n) is 6.43. The van der Waals surface area contributed by atoms with E-state index in [9.17, 15) is 0 Å². The molecule has 0 spiro atoms. The van der Waals surface area contributed by atoms with E-state index in [2.05, 4.69) is 22.4 Å². The second-order valence-corrected chi connectivity index (χ2v) is 4.52. The molecule has 1 aliphatic carbocycles. The van der Waals surface area contributed by atoms with Crippen LogP contribution in [0.25, 0.3) is 0 Å². The maximum Gasteiger partial charge on any atom is 0.240 e. The Balaban J connectivity index is 1.94. The lowest BCUT2D eigenvalue weighted by molar-refractivity contribution is 0.359. The molecule has 90 valence electrons. The largest absolute Gasteiger partial charge is 0.338 e. The van der Waals surface area contributed by atoms with Gasteiger partial charge in [0.15, 0.2) is 5.82 Å². The highest BCUT2D eigenvalue weighted by molar-refractivity contribution is 4.96. The standard InChI is InChI=1S/C12H21N3O/c1-2-13-9-11-14-12(15-16-11)10-7-5-3-4-6-8-10/h10,13H,2-9H2,1H3. The van der Waals surface area contributed by atoms with Crippen molar-refractivity contribution >= 4 is 0 Å². The number of aromatic nitrogens is 2. The van der Waals surface area contributed by atoms with Crippen molar-refractivity contribution in [3.63, 3.8) is 0 Å². The van der Waals surface area contributed by atoms with Gasteiger partial charge in [0.05, 0.1) is 6.54 Å². The summed E-state index contributed by atoms with van der Waals surface area (Å²) in [5.74, 6) is 2.18. The SMILES string of the molecule is CCNCc1nc(C2CCCCCC2)no1. The topological polar surface area (TPSA) is 51.0 Å². The van der Waals surface area contributed by atoms with Crippen molar-refractivity contribution in [2.24, 2.45) is 0 Å². The van der Waals surface area contributed by atoms with Gasteiger partial charge in [0.2, 0.25) is 5.89 Å². The zero-order valence-electron chi connectivity index (χ0n) is 10.0. The number of nitrogens with one attached hydrogen (secondary N) is 1. The van der Waals surface area contributed by atoms with Gasteiger partial charge >= 0.3 is 0 Å². The zero-order chi connectivity index (χ0) is 11.2. The number of hydrogen-bond acceptors (Lipinski definition) is 4. The molecule has 0 aliphatic heterocycles. The molecule has 0 atom stereocenters. The molecule has 1 fully saturated rings. The van der Waals surface area contributed by atoms with Crippen LogP contribution in [0.1, 0.15) is 63.1 Å². The van der Waals surface area contributed by atoms with E-state index in [1.54, 1.807) is 0 Å². The van der Waals surface area contributed by atoms with Crippen LogP contribution in [0.3, 0.4) is 0 Å². The predicted molar refractivity (Wildman–Crippen MR) is 62.1 cm³/mol. The second kappa shape index (κ2) is 5.99.